The van der Waals surface area contributed by atoms with Gasteiger partial charge >= 0.3 is 0 Å². The molecule has 19 heavy (non-hydrogen) atoms. The highest BCUT2D eigenvalue weighted by Gasteiger charge is 2.32. The first-order chi connectivity index (χ1) is 9.18. The molecule has 0 aromatic rings. The number of thiocarbonyl (C=S) groups is 1. The van der Waals surface area contributed by atoms with Gasteiger partial charge in [0.25, 0.3) is 5.91 Å². The largest absolute Gasteiger partial charge is 0.393 e. The van der Waals surface area contributed by atoms with E-state index < -0.39 is 0 Å². The van der Waals surface area contributed by atoms with Gasteiger partial charge in [-0.1, -0.05) is 31.5 Å². The van der Waals surface area contributed by atoms with E-state index in [2.05, 4.69) is 0 Å². The third-order valence-electron chi connectivity index (χ3n) is 4.10. The maximum atomic E-state index is 12.6. The predicted molar refractivity (Wildman–Crippen MR) is 79.0 cm³/mol. The molecule has 1 heterocycles. The van der Waals surface area contributed by atoms with Crippen molar-refractivity contribution in [3.05, 3.63) is 0 Å². The van der Waals surface area contributed by atoms with E-state index in [1.165, 1.54) is 19.3 Å². The van der Waals surface area contributed by atoms with Crippen molar-refractivity contribution in [1.29, 1.82) is 0 Å². The van der Waals surface area contributed by atoms with E-state index in [4.69, 9.17) is 22.7 Å². The SMILES string of the molecule is NC(=S)CCN(C(=O)C1CCCO1)C1CCCCC1. The van der Waals surface area contributed by atoms with E-state index in [0.29, 0.717) is 30.6 Å². The lowest BCUT2D eigenvalue weighted by atomic mass is 9.93. The van der Waals surface area contributed by atoms with Crippen molar-refractivity contribution in [1.82, 2.24) is 4.90 Å². The number of hydrogen-bond acceptors (Lipinski definition) is 3. The zero-order valence-electron chi connectivity index (χ0n) is 11.5. The number of ether oxygens (including phenoxy) is 1. The van der Waals surface area contributed by atoms with Gasteiger partial charge in [-0.2, -0.15) is 0 Å². The minimum Gasteiger partial charge on any atom is -0.393 e. The summed E-state index contributed by atoms with van der Waals surface area (Å²) in [6.45, 7) is 1.36. The Hall–Kier alpha value is -0.680. The van der Waals surface area contributed by atoms with Crippen molar-refractivity contribution in [2.75, 3.05) is 13.2 Å². The highest BCUT2D eigenvalue weighted by atomic mass is 32.1. The lowest BCUT2D eigenvalue weighted by Crippen LogP contribution is -2.47. The fourth-order valence-corrected chi connectivity index (χ4v) is 3.14. The standard InChI is InChI=1S/C14H24N2O2S/c15-13(19)8-9-16(11-5-2-1-3-6-11)14(17)12-7-4-10-18-12/h11-12H,1-10H2,(H2,15,19). The first kappa shape index (κ1) is 14.7. The zero-order chi connectivity index (χ0) is 13.7. The zero-order valence-corrected chi connectivity index (χ0v) is 12.3. The van der Waals surface area contributed by atoms with Crippen LogP contribution >= 0.6 is 12.2 Å². The van der Waals surface area contributed by atoms with Crippen LogP contribution < -0.4 is 5.73 Å². The van der Waals surface area contributed by atoms with Gasteiger partial charge in [-0.3, -0.25) is 4.79 Å². The molecule has 4 nitrogen and oxygen atoms in total. The van der Waals surface area contributed by atoms with E-state index in [1.54, 1.807) is 0 Å². The Morgan fingerprint density at radius 1 is 1.21 bits per heavy atom. The number of nitrogens with two attached hydrogens (primary N) is 1. The van der Waals surface area contributed by atoms with Crippen molar-refractivity contribution in [3.8, 4) is 0 Å². The molecule has 1 aliphatic heterocycles. The molecule has 1 aliphatic carbocycles. The number of carbonyl (C=O) groups excluding carboxylic acids is 1. The molecule has 1 unspecified atom stereocenters. The van der Waals surface area contributed by atoms with Gasteiger partial charge in [-0.15, -0.1) is 0 Å². The van der Waals surface area contributed by atoms with Gasteiger partial charge in [0.15, 0.2) is 0 Å². The van der Waals surface area contributed by atoms with Crippen LogP contribution in [-0.4, -0.2) is 41.1 Å². The highest BCUT2D eigenvalue weighted by molar-refractivity contribution is 7.80. The number of nitrogens with zero attached hydrogens (tertiary/aromatic N) is 1. The molecule has 0 aromatic heterocycles. The summed E-state index contributed by atoms with van der Waals surface area (Å²) in [6, 6.07) is 0.361. The first-order valence-corrected chi connectivity index (χ1v) is 7.79. The van der Waals surface area contributed by atoms with E-state index in [0.717, 1.165) is 25.7 Å². The lowest BCUT2D eigenvalue weighted by Gasteiger charge is -2.35. The second-order valence-corrected chi connectivity index (χ2v) is 6.07. The van der Waals surface area contributed by atoms with Crippen LogP contribution in [0.15, 0.2) is 0 Å². The molecule has 2 fully saturated rings. The van der Waals surface area contributed by atoms with Crippen LogP contribution in [0.1, 0.15) is 51.4 Å². The normalized spacial score (nSPS) is 24.3. The van der Waals surface area contributed by atoms with Gasteiger partial charge in [-0.25, -0.2) is 0 Å². The van der Waals surface area contributed by atoms with Crippen molar-refractivity contribution >= 4 is 23.1 Å². The van der Waals surface area contributed by atoms with Crippen molar-refractivity contribution in [2.45, 2.75) is 63.5 Å². The molecule has 1 atom stereocenters. The average Bonchev–Trinajstić information content (AvgIpc) is 2.93. The molecule has 2 N–H and O–H groups in total. The maximum absolute atomic E-state index is 12.6. The van der Waals surface area contributed by atoms with E-state index in [-0.39, 0.29) is 12.0 Å². The lowest BCUT2D eigenvalue weighted by molar-refractivity contribution is -0.143. The summed E-state index contributed by atoms with van der Waals surface area (Å²) >= 11 is 4.95. The number of amides is 1. The van der Waals surface area contributed by atoms with Crippen LogP contribution in [-0.2, 0) is 9.53 Å². The highest BCUT2D eigenvalue weighted by Crippen LogP contribution is 2.25. The van der Waals surface area contributed by atoms with Crippen molar-refractivity contribution < 1.29 is 9.53 Å². The van der Waals surface area contributed by atoms with Crippen molar-refractivity contribution in [2.24, 2.45) is 5.73 Å². The number of hydrogen-bond donors (Lipinski definition) is 1. The molecule has 1 amide bonds. The first-order valence-electron chi connectivity index (χ1n) is 7.39. The Kier molecular flexibility index (Phi) is 5.58. The van der Waals surface area contributed by atoms with Crippen molar-refractivity contribution in [3.63, 3.8) is 0 Å². The average molecular weight is 284 g/mol. The smallest absolute Gasteiger partial charge is 0.251 e. The predicted octanol–water partition coefficient (Wildman–Crippen LogP) is 2.00. The van der Waals surface area contributed by atoms with Gasteiger partial charge in [0, 0.05) is 25.6 Å². The molecule has 108 valence electrons. The monoisotopic (exact) mass is 284 g/mol. The van der Waals surface area contributed by atoms with Gasteiger partial charge in [0.1, 0.15) is 6.10 Å². The van der Waals surface area contributed by atoms with Crippen LogP contribution in [0.3, 0.4) is 0 Å². The second kappa shape index (κ2) is 7.20. The van der Waals surface area contributed by atoms with Gasteiger partial charge in [0.2, 0.25) is 0 Å². The summed E-state index contributed by atoms with van der Waals surface area (Å²) in [7, 11) is 0. The topological polar surface area (TPSA) is 55.6 Å². The molecule has 2 rings (SSSR count). The maximum Gasteiger partial charge on any atom is 0.251 e. The fraction of sp³-hybridized carbons (Fsp3) is 0.857. The summed E-state index contributed by atoms with van der Waals surface area (Å²) in [5.41, 5.74) is 5.59. The molecule has 5 heteroatoms. The molecular weight excluding hydrogens is 260 g/mol. The Morgan fingerprint density at radius 3 is 2.53 bits per heavy atom. The molecule has 0 spiro atoms. The van der Waals surface area contributed by atoms with Crippen LogP contribution in [0.4, 0.5) is 0 Å². The third-order valence-corrected chi connectivity index (χ3v) is 4.31. The molecule has 0 radical (unpaired) electrons. The van der Waals surface area contributed by atoms with Crippen LogP contribution in [0, 0.1) is 0 Å². The Bertz CT molecular complexity index is 323. The van der Waals surface area contributed by atoms with Crippen LogP contribution in [0.5, 0.6) is 0 Å². The minimum atomic E-state index is -0.228. The third kappa shape index (κ3) is 4.14. The summed E-state index contributed by atoms with van der Waals surface area (Å²) in [4.78, 5) is 15.1. The van der Waals surface area contributed by atoms with Gasteiger partial charge < -0.3 is 15.4 Å². The quantitative estimate of drug-likeness (QED) is 0.785. The van der Waals surface area contributed by atoms with Crippen LogP contribution in [0.2, 0.25) is 0 Å². The molecule has 0 aromatic carbocycles. The summed E-state index contributed by atoms with van der Waals surface area (Å²) in [6.07, 6.45) is 8.16. The summed E-state index contributed by atoms with van der Waals surface area (Å²) < 4.78 is 5.54. The minimum absolute atomic E-state index is 0.153. The molecule has 1 saturated carbocycles. The summed E-state index contributed by atoms with van der Waals surface area (Å²) in [5.74, 6) is 0.153. The van der Waals surface area contributed by atoms with E-state index in [9.17, 15) is 4.79 Å². The number of rotatable bonds is 5. The van der Waals surface area contributed by atoms with Gasteiger partial charge in [-0.05, 0) is 25.7 Å². The fourth-order valence-electron chi connectivity index (χ4n) is 3.05. The van der Waals surface area contributed by atoms with Crippen LogP contribution in [0.25, 0.3) is 0 Å². The summed E-state index contributed by atoms with van der Waals surface area (Å²) in [5, 5.41) is 0. The van der Waals surface area contributed by atoms with E-state index >= 15 is 0 Å². The van der Waals surface area contributed by atoms with E-state index in [1.807, 2.05) is 4.90 Å². The Labute approximate surface area is 120 Å². The second-order valence-electron chi connectivity index (χ2n) is 5.54. The molecule has 1 saturated heterocycles. The Balaban J connectivity index is 1.98. The molecule has 0 bridgehead atoms. The number of carbonyl (C=O) groups is 1. The Morgan fingerprint density at radius 2 is 1.95 bits per heavy atom. The molecular formula is C14H24N2O2S. The van der Waals surface area contributed by atoms with Gasteiger partial charge in [0.05, 0.1) is 4.99 Å². The molecule has 2 aliphatic rings.